The van der Waals surface area contributed by atoms with E-state index in [0.717, 1.165) is 0 Å². The number of anilines is 1. The summed E-state index contributed by atoms with van der Waals surface area (Å²) in [5.41, 5.74) is 6.20. The van der Waals surface area contributed by atoms with Crippen molar-refractivity contribution in [2.24, 2.45) is 0 Å². The summed E-state index contributed by atoms with van der Waals surface area (Å²) in [5, 5.41) is 2.27. The van der Waals surface area contributed by atoms with Crippen LogP contribution in [0.3, 0.4) is 0 Å². The smallest absolute Gasteiger partial charge is 0.311 e. The predicted molar refractivity (Wildman–Crippen MR) is 69.1 cm³/mol. The van der Waals surface area contributed by atoms with Gasteiger partial charge in [0.1, 0.15) is 0 Å². The average Bonchev–Trinajstić information content (AvgIpc) is 2.49. The topological polar surface area (TPSA) is 65.2 Å². The molecule has 0 aromatic carbocycles. The molecule has 1 aromatic rings. The second-order valence-electron chi connectivity index (χ2n) is 4.85. The van der Waals surface area contributed by atoms with Gasteiger partial charge in [-0.3, -0.25) is 4.79 Å². The Hall–Kier alpha value is -0.883. The van der Waals surface area contributed by atoms with Crippen molar-refractivity contribution in [3.63, 3.8) is 0 Å². The molecule has 0 amide bonds. The number of nitrogen functional groups attached to an aromatic ring is 1. The molecule has 0 aliphatic heterocycles. The third-order valence-corrected chi connectivity index (χ3v) is 5.70. The molecule has 0 aliphatic rings. The highest BCUT2D eigenvalue weighted by Crippen LogP contribution is 2.14. The van der Waals surface area contributed by atoms with E-state index in [-0.39, 0.29) is 18.1 Å². The molecule has 0 spiro atoms. The number of esters is 1. The predicted octanol–water partition coefficient (Wildman–Crippen LogP) is 2.08. The molecule has 1 unspecified atom stereocenters. The maximum absolute atomic E-state index is 11.6. The van der Waals surface area contributed by atoms with Crippen molar-refractivity contribution in [3.8, 4) is 0 Å². The molecule has 0 saturated heterocycles. The molecule has 16 heavy (non-hydrogen) atoms. The second kappa shape index (κ2) is 4.97. The van der Waals surface area contributed by atoms with Crippen LogP contribution in [0.1, 0.15) is 12.6 Å². The van der Waals surface area contributed by atoms with Crippen molar-refractivity contribution in [2.75, 3.05) is 5.73 Å². The lowest BCUT2D eigenvalue weighted by molar-refractivity contribution is -0.144. The number of aromatic nitrogens is 1. The Labute approximate surface area is 101 Å². The number of nitrogens with zero attached hydrogens (tertiary/aromatic N) is 1. The van der Waals surface area contributed by atoms with Gasteiger partial charge in [-0.1, -0.05) is 19.6 Å². The van der Waals surface area contributed by atoms with E-state index >= 15 is 0 Å². The Bertz CT molecular complexity index is 373. The Morgan fingerprint density at radius 3 is 2.69 bits per heavy atom. The molecule has 4 nitrogen and oxygen atoms in total. The molecule has 6 heteroatoms. The van der Waals surface area contributed by atoms with Crippen LogP contribution in [0.5, 0.6) is 0 Å². The van der Waals surface area contributed by atoms with Crippen LogP contribution in [0.15, 0.2) is 5.38 Å². The molecule has 1 rings (SSSR count). The fourth-order valence-electron chi connectivity index (χ4n) is 0.967. The molecular formula is C10H18N2O2SSi. The van der Waals surface area contributed by atoms with Gasteiger partial charge < -0.3 is 10.5 Å². The van der Waals surface area contributed by atoms with E-state index in [2.05, 4.69) is 24.6 Å². The summed E-state index contributed by atoms with van der Waals surface area (Å²) in [7, 11) is -1.42. The lowest BCUT2D eigenvalue weighted by Gasteiger charge is -2.24. The minimum atomic E-state index is -1.42. The van der Waals surface area contributed by atoms with E-state index in [9.17, 15) is 4.79 Å². The van der Waals surface area contributed by atoms with Crippen molar-refractivity contribution in [1.82, 2.24) is 4.98 Å². The summed E-state index contributed by atoms with van der Waals surface area (Å²) in [6.07, 6.45) is 0.211. The quantitative estimate of drug-likeness (QED) is 0.663. The number of carbonyl (C=O) groups excluding carboxylic acids is 1. The Morgan fingerprint density at radius 1 is 1.62 bits per heavy atom. The molecule has 2 N–H and O–H groups in total. The molecule has 0 fully saturated rings. The molecule has 0 saturated carbocycles. The van der Waals surface area contributed by atoms with Gasteiger partial charge in [-0.25, -0.2) is 4.98 Å². The summed E-state index contributed by atoms with van der Waals surface area (Å²) in [4.78, 5) is 15.6. The highest BCUT2D eigenvalue weighted by molar-refractivity contribution is 7.13. The van der Waals surface area contributed by atoms with Gasteiger partial charge in [0.25, 0.3) is 0 Å². The van der Waals surface area contributed by atoms with Crippen LogP contribution in [-0.4, -0.2) is 24.8 Å². The van der Waals surface area contributed by atoms with Gasteiger partial charge in [-0.2, -0.15) is 0 Å². The number of nitrogens with two attached hydrogens (primary N) is 1. The lowest BCUT2D eigenvalue weighted by Crippen LogP contribution is -2.39. The summed E-state index contributed by atoms with van der Waals surface area (Å²) < 4.78 is 5.37. The van der Waals surface area contributed by atoms with Crippen LogP contribution in [0, 0.1) is 0 Å². The minimum Gasteiger partial charge on any atom is -0.466 e. The summed E-state index contributed by atoms with van der Waals surface area (Å²) in [5.74, 6) is -0.222. The van der Waals surface area contributed by atoms with E-state index in [0.29, 0.717) is 10.8 Å². The number of hydrogen-bond acceptors (Lipinski definition) is 5. The van der Waals surface area contributed by atoms with E-state index in [1.165, 1.54) is 11.3 Å². The SMILES string of the molecule is CC(OC(=O)Cc1csc(N)n1)[Si](C)(C)C. The Balaban J connectivity index is 2.48. The number of rotatable bonds is 4. The highest BCUT2D eigenvalue weighted by atomic mass is 32.1. The van der Waals surface area contributed by atoms with Gasteiger partial charge in [0.05, 0.1) is 25.9 Å². The van der Waals surface area contributed by atoms with Gasteiger partial charge in [0.15, 0.2) is 5.13 Å². The normalized spacial score (nSPS) is 13.5. The number of hydrogen-bond donors (Lipinski definition) is 1. The zero-order valence-corrected chi connectivity index (χ0v) is 11.9. The van der Waals surface area contributed by atoms with Gasteiger partial charge in [0, 0.05) is 5.38 Å². The molecule has 0 bridgehead atoms. The van der Waals surface area contributed by atoms with Crippen molar-refractivity contribution in [2.45, 2.75) is 38.7 Å². The van der Waals surface area contributed by atoms with Crippen molar-refractivity contribution in [3.05, 3.63) is 11.1 Å². The van der Waals surface area contributed by atoms with Crippen LogP contribution in [-0.2, 0) is 16.0 Å². The Morgan fingerprint density at radius 2 is 2.25 bits per heavy atom. The van der Waals surface area contributed by atoms with Gasteiger partial charge >= 0.3 is 5.97 Å². The molecule has 0 radical (unpaired) electrons. The third-order valence-electron chi connectivity index (χ3n) is 2.42. The number of ether oxygens (including phenoxy) is 1. The largest absolute Gasteiger partial charge is 0.466 e. The van der Waals surface area contributed by atoms with Crippen LogP contribution < -0.4 is 5.73 Å². The first-order chi connectivity index (χ1) is 7.29. The summed E-state index contributed by atoms with van der Waals surface area (Å²) >= 11 is 1.34. The van der Waals surface area contributed by atoms with E-state index in [1.807, 2.05) is 6.92 Å². The average molecular weight is 258 g/mol. The zero-order chi connectivity index (χ0) is 12.3. The number of thiazole rings is 1. The van der Waals surface area contributed by atoms with Crippen molar-refractivity contribution < 1.29 is 9.53 Å². The fraction of sp³-hybridized carbons (Fsp3) is 0.600. The van der Waals surface area contributed by atoms with E-state index < -0.39 is 8.07 Å². The highest BCUT2D eigenvalue weighted by Gasteiger charge is 2.26. The first-order valence-corrected chi connectivity index (χ1v) is 9.64. The molecule has 90 valence electrons. The van der Waals surface area contributed by atoms with Crippen LogP contribution in [0.4, 0.5) is 5.13 Å². The zero-order valence-electron chi connectivity index (χ0n) is 10.1. The van der Waals surface area contributed by atoms with E-state index in [1.54, 1.807) is 5.38 Å². The molecule has 1 atom stereocenters. The van der Waals surface area contributed by atoms with Crippen LogP contribution >= 0.6 is 11.3 Å². The first-order valence-electron chi connectivity index (χ1n) is 5.18. The van der Waals surface area contributed by atoms with Gasteiger partial charge in [-0.15, -0.1) is 11.3 Å². The standard InChI is InChI=1S/C10H18N2O2SSi/c1-7(16(2,3)4)14-9(13)5-8-6-15-10(11)12-8/h6-7H,5H2,1-4H3,(H2,11,12). The maximum Gasteiger partial charge on any atom is 0.311 e. The van der Waals surface area contributed by atoms with Gasteiger partial charge in [-0.05, 0) is 6.92 Å². The van der Waals surface area contributed by atoms with Crippen molar-refractivity contribution >= 4 is 30.5 Å². The van der Waals surface area contributed by atoms with Crippen LogP contribution in [0.25, 0.3) is 0 Å². The second-order valence-corrected chi connectivity index (χ2v) is 11.3. The summed E-state index contributed by atoms with van der Waals surface area (Å²) in [6.45, 7) is 8.48. The first kappa shape index (κ1) is 13.2. The fourth-order valence-corrected chi connectivity index (χ4v) is 2.02. The summed E-state index contributed by atoms with van der Waals surface area (Å²) in [6, 6.07) is 0. The molecule has 1 heterocycles. The third kappa shape index (κ3) is 3.94. The van der Waals surface area contributed by atoms with Gasteiger partial charge in [0.2, 0.25) is 0 Å². The van der Waals surface area contributed by atoms with Crippen molar-refractivity contribution in [1.29, 1.82) is 0 Å². The number of carbonyl (C=O) groups is 1. The van der Waals surface area contributed by atoms with Crippen LogP contribution in [0.2, 0.25) is 19.6 Å². The Kier molecular flexibility index (Phi) is 4.09. The molecule has 0 aliphatic carbocycles. The monoisotopic (exact) mass is 258 g/mol. The maximum atomic E-state index is 11.6. The lowest BCUT2D eigenvalue weighted by atomic mass is 10.3. The molecular weight excluding hydrogens is 240 g/mol. The molecule has 1 aromatic heterocycles. The van der Waals surface area contributed by atoms with E-state index in [4.69, 9.17) is 10.5 Å². The minimum absolute atomic E-state index is 0.0241.